The van der Waals surface area contributed by atoms with E-state index in [1.807, 2.05) is 60.7 Å². The summed E-state index contributed by atoms with van der Waals surface area (Å²) in [5.41, 5.74) is 2.06. The van der Waals surface area contributed by atoms with Crippen molar-refractivity contribution >= 4 is 23.6 Å². The summed E-state index contributed by atoms with van der Waals surface area (Å²) >= 11 is 0. The predicted molar refractivity (Wildman–Crippen MR) is 164 cm³/mol. The summed E-state index contributed by atoms with van der Waals surface area (Å²) in [5.74, 6) is -1.34. The molecule has 0 aromatic heterocycles. The molecule has 0 fully saturated rings. The molecule has 9 heteroatoms. The van der Waals surface area contributed by atoms with Crippen LogP contribution in [0, 0.1) is 0 Å². The second kappa shape index (κ2) is 16.1. The minimum atomic E-state index is -1.19. The maximum absolute atomic E-state index is 13.5. The number of nitrogens with zero attached hydrogens (tertiary/aromatic N) is 1. The van der Waals surface area contributed by atoms with Crippen LogP contribution in [0.3, 0.4) is 0 Å². The second-order valence-corrected chi connectivity index (χ2v) is 10.8. The SMILES string of the molecule is CN1CCCCCCOc2ccccc2C(=O)N[C@H](C(=O)NCc2ccccc2)CC(=O)N[C@@H](Cc2ccccc2)C1=O. The summed E-state index contributed by atoms with van der Waals surface area (Å²) in [7, 11) is 1.74. The van der Waals surface area contributed by atoms with Gasteiger partial charge in [0, 0.05) is 26.6 Å². The van der Waals surface area contributed by atoms with Gasteiger partial charge in [-0.3, -0.25) is 19.2 Å². The van der Waals surface area contributed by atoms with Crippen molar-refractivity contribution in [2.24, 2.45) is 0 Å². The number of rotatable bonds is 5. The van der Waals surface area contributed by atoms with Gasteiger partial charge in [0.25, 0.3) is 5.91 Å². The average molecular weight is 585 g/mol. The molecule has 0 aliphatic carbocycles. The lowest BCUT2D eigenvalue weighted by atomic mass is 10.0. The van der Waals surface area contributed by atoms with E-state index in [0.717, 1.165) is 36.8 Å². The lowest BCUT2D eigenvalue weighted by molar-refractivity contribution is -0.136. The molecule has 0 spiro atoms. The molecule has 0 unspecified atom stereocenters. The zero-order valence-electron chi connectivity index (χ0n) is 24.6. The maximum atomic E-state index is 13.5. The highest BCUT2D eigenvalue weighted by atomic mass is 16.5. The summed E-state index contributed by atoms with van der Waals surface area (Å²) in [4.78, 5) is 55.4. The van der Waals surface area contributed by atoms with Crippen LogP contribution >= 0.6 is 0 Å². The van der Waals surface area contributed by atoms with Crippen molar-refractivity contribution in [2.75, 3.05) is 20.2 Å². The van der Waals surface area contributed by atoms with Crippen molar-refractivity contribution in [1.29, 1.82) is 0 Å². The van der Waals surface area contributed by atoms with E-state index in [1.165, 1.54) is 0 Å². The van der Waals surface area contributed by atoms with E-state index in [1.54, 1.807) is 36.2 Å². The fourth-order valence-corrected chi connectivity index (χ4v) is 4.99. The fourth-order valence-electron chi connectivity index (χ4n) is 4.99. The highest BCUT2D eigenvalue weighted by Crippen LogP contribution is 2.19. The molecule has 0 radical (unpaired) electrons. The molecule has 2 atom stereocenters. The molecule has 4 rings (SSSR count). The summed E-state index contributed by atoms with van der Waals surface area (Å²) in [6.07, 6.45) is 3.39. The molecule has 0 saturated heterocycles. The lowest BCUT2D eigenvalue weighted by Gasteiger charge is -2.26. The highest BCUT2D eigenvalue weighted by molar-refractivity contribution is 6.01. The molecule has 3 aromatic carbocycles. The molecule has 3 aromatic rings. The smallest absolute Gasteiger partial charge is 0.255 e. The minimum absolute atomic E-state index is 0.204. The molecule has 1 aliphatic rings. The van der Waals surface area contributed by atoms with E-state index < -0.39 is 29.8 Å². The molecule has 9 nitrogen and oxygen atoms in total. The van der Waals surface area contributed by atoms with Crippen molar-refractivity contribution in [3.05, 3.63) is 102 Å². The number of para-hydroxylation sites is 1. The Labute approximate surface area is 253 Å². The molecule has 3 N–H and O–H groups in total. The number of nitrogens with one attached hydrogen (secondary N) is 3. The van der Waals surface area contributed by atoms with Crippen molar-refractivity contribution in [2.45, 2.75) is 57.2 Å². The van der Waals surface area contributed by atoms with Crippen LogP contribution in [0.2, 0.25) is 0 Å². The number of fused-ring (bicyclic) bond motifs is 1. The Kier molecular flexibility index (Phi) is 11.7. The Morgan fingerprint density at radius 3 is 2.23 bits per heavy atom. The number of carbonyl (C=O) groups is 4. The molecule has 43 heavy (non-hydrogen) atoms. The lowest BCUT2D eigenvalue weighted by Crippen LogP contribution is -2.52. The molecule has 4 amide bonds. The Hall–Kier alpha value is -4.66. The van der Waals surface area contributed by atoms with E-state index in [2.05, 4.69) is 16.0 Å². The minimum Gasteiger partial charge on any atom is -0.493 e. The van der Waals surface area contributed by atoms with Crippen LogP contribution in [0.1, 0.15) is 53.6 Å². The van der Waals surface area contributed by atoms with E-state index >= 15 is 0 Å². The summed E-state index contributed by atoms with van der Waals surface area (Å²) < 4.78 is 5.93. The number of hydrogen-bond acceptors (Lipinski definition) is 5. The summed E-state index contributed by atoms with van der Waals surface area (Å²) in [6, 6.07) is 23.7. The molecule has 0 bridgehead atoms. The van der Waals surface area contributed by atoms with Crippen LogP contribution in [0.4, 0.5) is 0 Å². The van der Waals surface area contributed by atoms with Crippen LogP contribution in [0.15, 0.2) is 84.9 Å². The van der Waals surface area contributed by atoms with Crippen LogP contribution in [-0.2, 0) is 27.3 Å². The van der Waals surface area contributed by atoms with E-state index in [4.69, 9.17) is 4.74 Å². The van der Waals surface area contributed by atoms with Gasteiger partial charge in [0.15, 0.2) is 0 Å². The van der Waals surface area contributed by atoms with Crippen LogP contribution in [-0.4, -0.2) is 60.8 Å². The molecule has 0 saturated carbocycles. The van der Waals surface area contributed by atoms with Gasteiger partial charge in [0.2, 0.25) is 17.7 Å². The summed E-state index contributed by atoms with van der Waals surface area (Å²) in [5, 5.41) is 8.43. The quantitative estimate of drug-likeness (QED) is 0.424. The first-order chi connectivity index (χ1) is 20.9. The third-order valence-corrected chi connectivity index (χ3v) is 7.39. The van der Waals surface area contributed by atoms with Gasteiger partial charge in [-0.2, -0.15) is 0 Å². The van der Waals surface area contributed by atoms with Gasteiger partial charge >= 0.3 is 0 Å². The van der Waals surface area contributed by atoms with Gasteiger partial charge in [-0.15, -0.1) is 0 Å². The van der Waals surface area contributed by atoms with Gasteiger partial charge in [-0.05, 0) is 36.1 Å². The van der Waals surface area contributed by atoms with Gasteiger partial charge < -0.3 is 25.6 Å². The monoisotopic (exact) mass is 584 g/mol. The first-order valence-corrected chi connectivity index (χ1v) is 14.8. The zero-order chi connectivity index (χ0) is 30.4. The molecular weight excluding hydrogens is 544 g/mol. The van der Waals surface area contributed by atoms with Crippen LogP contribution < -0.4 is 20.7 Å². The Morgan fingerprint density at radius 2 is 1.49 bits per heavy atom. The third kappa shape index (κ3) is 9.70. The van der Waals surface area contributed by atoms with Crippen LogP contribution in [0.5, 0.6) is 5.75 Å². The third-order valence-electron chi connectivity index (χ3n) is 7.39. The van der Waals surface area contributed by atoms with Crippen molar-refractivity contribution < 1.29 is 23.9 Å². The largest absolute Gasteiger partial charge is 0.493 e. The highest BCUT2D eigenvalue weighted by Gasteiger charge is 2.29. The van der Waals surface area contributed by atoms with Crippen molar-refractivity contribution in [1.82, 2.24) is 20.9 Å². The van der Waals surface area contributed by atoms with E-state index in [0.29, 0.717) is 25.3 Å². The Morgan fingerprint density at radius 1 is 0.837 bits per heavy atom. The van der Waals surface area contributed by atoms with E-state index in [-0.39, 0.29) is 24.4 Å². The number of benzene rings is 3. The summed E-state index contributed by atoms with van der Waals surface area (Å²) in [6.45, 7) is 1.22. The van der Waals surface area contributed by atoms with E-state index in [9.17, 15) is 19.2 Å². The number of hydrogen-bond donors (Lipinski definition) is 3. The Balaban J connectivity index is 1.58. The Bertz CT molecular complexity index is 1370. The number of likely N-dealkylation sites (N-methyl/N-ethyl adjacent to an activating group) is 1. The second-order valence-electron chi connectivity index (χ2n) is 10.8. The topological polar surface area (TPSA) is 117 Å². The number of ether oxygens (including phenoxy) is 1. The van der Waals surface area contributed by atoms with Gasteiger partial charge in [-0.1, -0.05) is 85.6 Å². The predicted octanol–water partition coefficient (Wildman–Crippen LogP) is 3.63. The maximum Gasteiger partial charge on any atom is 0.255 e. The fraction of sp³-hybridized carbons (Fsp3) is 0.353. The van der Waals surface area contributed by atoms with Crippen LogP contribution in [0.25, 0.3) is 0 Å². The average Bonchev–Trinajstić information content (AvgIpc) is 3.02. The van der Waals surface area contributed by atoms with Gasteiger partial charge in [0.05, 0.1) is 18.6 Å². The van der Waals surface area contributed by atoms with Crippen molar-refractivity contribution in [3.63, 3.8) is 0 Å². The number of carbonyl (C=O) groups excluding carboxylic acids is 4. The standard InChI is InChI=1S/C34H40N4O5/c1-38-20-12-2-3-13-21-43-30-19-11-10-18-27(30)32(40)37-28(33(41)35-24-26-16-8-5-9-17-26)23-31(39)36-29(34(38)42)22-25-14-6-4-7-15-25/h4-11,14-19,28-29H,2-3,12-13,20-24H2,1H3,(H,35,41)(H,36,39)(H,37,40)/t28-,29-/m0/s1. The zero-order valence-corrected chi connectivity index (χ0v) is 24.6. The first-order valence-electron chi connectivity index (χ1n) is 14.8. The van der Waals surface area contributed by atoms with Gasteiger partial charge in [-0.25, -0.2) is 0 Å². The first kappa shape index (κ1) is 31.3. The molecule has 226 valence electrons. The number of amides is 4. The van der Waals surface area contributed by atoms with Gasteiger partial charge in [0.1, 0.15) is 17.8 Å². The molecule has 1 aliphatic heterocycles. The van der Waals surface area contributed by atoms with Crippen molar-refractivity contribution in [3.8, 4) is 5.75 Å². The molecule has 1 heterocycles. The normalized spacial score (nSPS) is 19.1. The molecular formula is C34H40N4O5.